The molecule has 4 nitrogen and oxygen atoms in total. The van der Waals surface area contributed by atoms with Gasteiger partial charge in [-0.1, -0.05) is 64.1 Å². The fraction of sp³-hybridized carbons (Fsp3) is 0.375. The predicted octanol–water partition coefficient (Wildman–Crippen LogP) is 8.00. The lowest BCUT2D eigenvalue weighted by Crippen LogP contribution is -2.36. The molecular weight excluding hydrogens is 444 g/mol. The van der Waals surface area contributed by atoms with Crippen LogP contribution in [0.2, 0.25) is 0 Å². The molecule has 0 saturated heterocycles. The summed E-state index contributed by atoms with van der Waals surface area (Å²) in [7, 11) is 0. The van der Waals surface area contributed by atoms with Gasteiger partial charge in [-0.15, -0.1) is 0 Å². The molecule has 0 fully saturated rings. The second kappa shape index (κ2) is 8.62. The summed E-state index contributed by atoms with van der Waals surface area (Å²) in [6.45, 7) is 12.6. The topological polar surface area (TPSA) is 61.7 Å². The highest BCUT2D eigenvalue weighted by atomic mass is 16.3. The lowest BCUT2D eigenvalue weighted by molar-refractivity contribution is -0.113. The Morgan fingerprint density at radius 3 is 2.03 bits per heavy atom. The summed E-state index contributed by atoms with van der Waals surface area (Å²) in [6.07, 6.45) is 3.59. The Labute approximate surface area is 214 Å². The first-order valence-electron chi connectivity index (χ1n) is 13.3. The Morgan fingerprint density at radius 2 is 1.42 bits per heavy atom. The van der Waals surface area contributed by atoms with E-state index < -0.39 is 0 Å². The zero-order chi connectivity index (χ0) is 25.8. The molecule has 0 saturated carbocycles. The molecule has 0 spiro atoms. The van der Waals surface area contributed by atoms with Gasteiger partial charge in [0.25, 0.3) is 0 Å². The highest BCUT2D eigenvalue weighted by molar-refractivity contribution is 6.27. The van der Waals surface area contributed by atoms with Gasteiger partial charge in [-0.05, 0) is 73.9 Å². The summed E-state index contributed by atoms with van der Waals surface area (Å²) in [4.78, 5) is 18.7. The Hall–Kier alpha value is -3.40. The van der Waals surface area contributed by atoms with E-state index in [1.54, 1.807) is 0 Å². The van der Waals surface area contributed by atoms with Gasteiger partial charge in [-0.3, -0.25) is 9.79 Å². The average molecular weight is 481 g/mol. The van der Waals surface area contributed by atoms with E-state index in [0.29, 0.717) is 11.1 Å². The maximum atomic E-state index is 13.7. The number of fused-ring (bicyclic) bond motifs is 2. The molecule has 0 atom stereocenters. The van der Waals surface area contributed by atoms with Crippen molar-refractivity contribution in [3.8, 4) is 0 Å². The van der Waals surface area contributed by atoms with E-state index in [9.17, 15) is 9.90 Å². The number of rotatable bonds is 6. The van der Waals surface area contributed by atoms with Crippen molar-refractivity contribution in [1.82, 2.24) is 0 Å². The van der Waals surface area contributed by atoms with E-state index in [1.807, 2.05) is 32.0 Å². The molecule has 2 aromatic rings. The number of allylic oxidation sites excluding steroid dienone is 5. The van der Waals surface area contributed by atoms with Gasteiger partial charge in [0.15, 0.2) is 0 Å². The Bertz CT molecular complexity index is 1390. The molecule has 0 bridgehead atoms. The number of carbonyl (C=O) groups is 1. The quantitative estimate of drug-likeness (QED) is 0.412. The van der Waals surface area contributed by atoms with E-state index in [0.717, 1.165) is 59.6 Å². The number of ketones is 1. The zero-order valence-corrected chi connectivity index (χ0v) is 22.2. The summed E-state index contributed by atoms with van der Waals surface area (Å²) in [5, 5.41) is 15.0. The predicted molar refractivity (Wildman–Crippen MR) is 148 cm³/mol. The van der Waals surface area contributed by atoms with Crippen LogP contribution in [0.5, 0.6) is 0 Å². The third-order valence-electron chi connectivity index (χ3n) is 9.11. The molecule has 0 aromatic heterocycles. The molecule has 4 heteroatoms. The van der Waals surface area contributed by atoms with Gasteiger partial charge in [0, 0.05) is 22.2 Å². The standard InChI is InChI=1S/C32H36N2O2/c1-7-31(8-2)21-15-11-13-17-23(21)33-29(31)19(5)25-27(35)26(28(25)36)20(6)30-32(9-3,10-4)22-16-12-14-18-24(22)34-30/h11-18,33,35H,7-10H2,1-6H3/b26-20-,29-19+. The lowest BCUT2D eigenvalue weighted by atomic mass is 9.68. The van der Waals surface area contributed by atoms with Gasteiger partial charge in [-0.2, -0.15) is 0 Å². The Balaban J connectivity index is 1.63. The van der Waals surface area contributed by atoms with Crippen molar-refractivity contribution >= 4 is 22.9 Å². The molecule has 0 amide bonds. The maximum Gasteiger partial charge on any atom is 0.201 e. The minimum atomic E-state index is -0.244. The number of hydrogen-bond acceptors (Lipinski definition) is 4. The van der Waals surface area contributed by atoms with Gasteiger partial charge in [0.2, 0.25) is 5.78 Å². The lowest BCUT2D eigenvalue weighted by Gasteiger charge is -2.34. The van der Waals surface area contributed by atoms with Gasteiger partial charge >= 0.3 is 0 Å². The largest absolute Gasteiger partial charge is 0.506 e. The smallest absolute Gasteiger partial charge is 0.201 e. The van der Waals surface area contributed by atoms with Crippen molar-refractivity contribution in [2.75, 3.05) is 5.32 Å². The van der Waals surface area contributed by atoms with E-state index in [4.69, 9.17) is 4.99 Å². The molecule has 0 radical (unpaired) electrons. The van der Waals surface area contributed by atoms with E-state index in [1.165, 1.54) is 11.1 Å². The minimum Gasteiger partial charge on any atom is -0.506 e. The number of aliphatic hydroxyl groups excluding tert-OH is 1. The molecule has 36 heavy (non-hydrogen) atoms. The Kier molecular flexibility index (Phi) is 5.82. The van der Waals surface area contributed by atoms with Gasteiger partial charge in [0.05, 0.1) is 22.5 Å². The summed E-state index contributed by atoms with van der Waals surface area (Å²) in [5.41, 5.74) is 8.50. The number of para-hydroxylation sites is 2. The Morgan fingerprint density at radius 1 is 0.833 bits per heavy atom. The zero-order valence-electron chi connectivity index (χ0n) is 22.2. The number of benzene rings is 2. The number of Topliss-reactive ketones (excluding diaryl/α,β-unsaturated/α-hetero) is 1. The van der Waals surface area contributed by atoms with E-state index in [-0.39, 0.29) is 22.4 Å². The number of hydrogen-bond donors (Lipinski definition) is 2. The molecule has 2 aromatic carbocycles. The third-order valence-corrected chi connectivity index (χ3v) is 9.11. The number of carbonyl (C=O) groups excluding carboxylic acids is 1. The van der Waals surface area contributed by atoms with Crippen LogP contribution in [0.1, 0.15) is 78.4 Å². The number of nitrogens with zero attached hydrogens (tertiary/aromatic N) is 1. The van der Waals surface area contributed by atoms with Crippen molar-refractivity contribution in [3.05, 3.63) is 93.4 Å². The first kappa shape index (κ1) is 24.3. The molecule has 2 aliphatic heterocycles. The number of anilines is 1. The summed E-state index contributed by atoms with van der Waals surface area (Å²) >= 11 is 0. The highest BCUT2D eigenvalue weighted by Crippen LogP contribution is 2.52. The van der Waals surface area contributed by atoms with Crippen LogP contribution >= 0.6 is 0 Å². The van der Waals surface area contributed by atoms with Crippen LogP contribution in [0.4, 0.5) is 11.4 Å². The van der Waals surface area contributed by atoms with Crippen molar-refractivity contribution in [1.29, 1.82) is 0 Å². The summed E-state index contributed by atoms with van der Waals surface area (Å²) in [5.74, 6) is 0.00903. The SMILES string of the molecule is CCC1(CC)C(/C(C)=C2\C(=O)C(C(/C)=C3/Nc4ccccc4C3(CC)CC)=C2O)=Nc2ccccc21. The molecule has 2 heterocycles. The van der Waals surface area contributed by atoms with Crippen molar-refractivity contribution in [2.24, 2.45) is 4.99 Å². The van der Waals surface area contributed by atoms with Crippen LogP contribution in [-0.4, -0.2) is 16.6 Å². The summed E-state index contributed by atoms with van der Waals surface area (Å²) < 4.78 is 0. The van der Waals surface area contributed by atoms with Crippen LogP contribution in [0, 0.1) is 0 Å². The molecular formula is C32H36N2O2. The molecule has 0 unspecified atom stereocenters. The van der Waals surface area contributed by atoms with Gasteiger partial charge in [-0.25, -0.2) is 0 Å². The highest BCUT2D eigenvalue weighted by Gasteiger charge is 2.47. The fourth-order valence-electron chi connectivity index (χ4n) is 6.92. The minimum absolute atomic E-state index is 0.0892. The van der Waals surface area contributed by atoms with Gasteiger partial charge in [0.1, 0.15) is 5.76 Å². The van der Waals surface area contributed by atoms with Crippen molar-refractivity contribution in [3.63, 3.8) is 0 Å². The summed E-state index contributed by atoms with van der Waals surface area (Å²) in [6, 6.07) is 16.6. The second-order valence-electron chi connectivity index (χ2n) is 10.3. The maximum absolute atomic E-state index is 13.7. The van der Waals surface area contributed by atoms with Crippen LogP contribution in [0.15, 0.2) is 87.3 Å². The third kappa shape index (κ3) is 3.00. The van der Waals surface area contributed by atoms with Crippen LogP contribution in [0.25, 0.3) is 0 Å². The number of aliphatic imine (C=N–C) groups is 1. The normalized spacial score (nSPS) is 21.9. The number of aliphatic hydroxyl groups is 1. The first-order chi connectivity index (χ1) is 17.3. The van der Waals surface area contributed by atoms with Crippen molar-refractivity contribution in [2.45, 2.75) is 78.1 Å². The first-order valence-corrected chi connectivity index (χ1v) is 13.3. The molecule has 3 aliphatic rings. The molecule has 1 aliphatic carbocycles. The van der Waals surface area contributed by atoms with Gasteiger partial charge < -0.3 is 10.4 Å². The monoisotopic (exact) mass is 480 g/mol. The molecule has 186 valence electrons. The average Bonchev–Trinajstić information content (AvgIpc) is 3.42. The van der Waals surface area contributed by atoms with Crippen molar-refractivity contribution < 1.29 is 9.90 Å². The molecule has 5 rings (SSSR count). The number of nitrogens with one attached hydrogen (secondary N) is 1. The van der Waals surface area contributed by atoms with Crippen LogP contribution < -0.4 is 5.32 Å². The van der Waals surface area contributed by atoms with Crippen LogP contribution in [0.3, 0.4) is 0 Å². The fourth-order valence-corrected chi connectivity index (χ4v) is 6.92. The molecule has 2 N–H and O–H groups in total. The van der Waals surface area contributed by atoms with E-state index in [2.05, 4.69) is 63.3 Å². The second-order valence-corrected chi connectivity index (χ2v) is 10.3. The van der Waals surface area contributed by atoms with E-state index >= 15 is 0 Å². The van der Waals surface area contributed by atoms with Crippen LogP contribution in [-0.2, 0) is 15.6 Å².